The highest BCUT2D eigenvalue weighted by Crippen LogP contribution is 2.42. The molecule has 0 atom stereocenters. The van der Waals surface area contributed by atoms with Crippen LogP contribution in [0.15, 0.2) is 36.5 Å². The Balaban J connectivity index is 1.50. The monoisotopic (exact) mass is 606 g/mol. The summed E-state index contributed by atoms with van der Waals surface area (Å²) >= 11 is 0. The number of rotatable bonds is 8. The highest BCUT2D eigenvalue weighted by molar-refractivity contribution is 7.50. The van der Waals surface area contributed by atoms with Crippen molar-refractivity contribution in [1.82, 2.24) is 20.2 Å². The number of anilines is 4. The lowest BCUT2D eigenvalue weighted by Gasteiger charge is -2.25. The molecule has 2 aliphatic heterocycles. The van der Waals surface area contributed by atoms with Crippen LogP contribution in [-0.2, 0) is 23.4 Å². The van der Waals surface area contributed by atoms with Crippen molar-refractivity contribution in [1.29, 1.82) is 0 Å². The van der Waals surface area contributed by atoms with E-state index in [4.69, 9.17) is 4.74 Å². The third kappa shape index (κ3) is 6.36. The summed E-state index contributed by atoms with van der Waals surface area (Å²) in [5.41, 5.74) is 1.83. The van der Waals surface area contributed by atoms with E-state index in [1.165, 1.54) is 25.3 Å². The second-order valence-corrected chi connectivity index (χ2v) is 11.9. The molecular weight excluding hydrogens is 576 g/mol. The van der Waals surface area contributed by atoms with Gasteiger partial charge in [-0.1, -0.05) is 12.1 Å². The maximum absolute atomic E-state index is 14.0. The summed E-state index contributed by atoms with van der Waals surface area (Å²) in [5.74, 6) is -0.602. The van der Waals surface area contributed by atoms with Gasteiger partial charge < -0.3 is 35.4 Å². The van der Waals surface area contributed by atoms with Gasteiger partial charge in [-0.05, 0) is 66.7 Å². The Labute approximate surface area is 239 Å². The number of carbonyl (C=O) groups excluding carboxylic acids is 1. The number of alkyl halides is 3. The zero-order valence-corrected chi connectivity index (χ0v) is 23.7. The average Bonchev–Trinajstić information content (AvgIpc) is 3.23. The molecule has 3 aromatic rings. The van der Waals surface area contributed by atoms with Crippen molar-refractivity contribution in [3.05, 3.63) is 64.3 Å². The number of methoxy groups -OCH3 is 1. The van der Waals surface area contributed by atoms with Crippen LogP contribution in [0.25, 0.3) is 0 Å². The van der Waals surface area contributed by atoms with Crippen LogP contribution in [0.5, 0.6) is 5.75 Å². The molecule has 1 amide bonds. The fourth-order valence-electron chi connectivity index (χ4n) is 5.37. The van der Waals surface area contributed by atoms with E-state index < -0.39 is 31.3 Å². The summed E-state index contributed by atoms with van der Waals surface area (Å²) in [7, 11) is -1.34. The van der Waals surface area contributed by atoms with Crippen molar-refractivity contribution in [2.24, 2.45) is 0 Å². The van der Waals surface area contributed by atoms with E-state index in [-0.39, 0.29) is 34.9 Å². The summed E-state index contributed by atoms with van der Waals surface area (Å²) in [6.07, 6.45) is -2.85. The number of fused-ring (bicyclic) bond motifs is 1. The molecule has 0 aliphatic carbocycles. The molecule has 11 nitrogen and oxygen atoms in total. The first-order valence-electron chi connectivity index (χ1n) is 13.2. The molecule has 0 radical (unpaired) electrons. The number of hydrogen-bond acceptors (Lipinski definition) is 8. The quantitative estimate of drug-likeness (QED) is 0.228. The topological polar surface area (TPSA) is 149 Å². The van der Waals surface area contributed by atoms with E-state index in [9.17, 15) is 32.3 Å². The Morgan fingerprint density at radius 2 is 1.86 bits per heavy atom. The SMILES string of the molecule is COc1cc(CP(=O)(O)O)ccc1Nc1ncc(C(F)(F)F)c(Nc2ccc(C3CCNCC3)c3c2C(=O)N(C)C3)n1. The van der Waals surface area contributed by atoms with Gasteiger partial charge in [0.15, 0.2) is 0 Å². The number of nitrogens with zero attached hydrogens (tertiary/aromatic N) is 3. The van der Waals surface area contributed by atoms with Crippen molar-refractivity contribution >= 4 is 36.6 Å². The third-order valence-electron chi connectivity index (χ3n) is 7.33. The average molecular weight is 607 g/mol. The Kier molecular flexibility index (Phi) is 8.17. The highest BCUT2D eigenvalue weighted by atomic mass is 31.2. The van der Waals surface area contributed by atoms with Crippen LogP contribution in [0.2, 0.25) is 0 Å². The predicted octanol–water partition coefficient (Wildman–Crippen LogP) is 4.72. The molecule has 42 heavy (non-hydrogen) atoms. The molecule has 0 unspecified atom stereocenters. The first-order chi connectivity index (χ1) is 19.8. The second-order valence-electron chi connectivity index (χ2n) is 10.3. The Hall–Kier alpha value is -3.71. The lowest BCUT2D eigenvalue weighted by atomic mass is 9.85. The summed E-state index contributed by atoms with van der Waals surface area (Å²) in [6.45, 7) is 2.07. The van der Waals surface area contributed by atoms with Crippen molar-refractivity contribution < 1.29 is 37.1 Å². The number of halogens is 3. The van der Waals surface area contributed by atoms with Crippen LogP contribution >= 0.6 is 7.60 Å². The van der Waals surface area contributed by atoms with E-state index in [1.807, 2.05) is 6.07 Å². The van der Waals surface area contributed by atoms with E-state index in [0.29, 0.717) is 23.9 Å². The second kappa shape index (κ2) is 11.5. The van der Waals surface area contributed by atoms with E-state index in [2.05, 4.69) is 25.9 Å². The number of aromatic nitrogens is 2. The molecule has 2 aromatic carbocycles. The number of benzene rings is 2. The van der Waals surface area contributed by atoms with Crippen LogP contribution in [0.3, 0.4) is 0 Å². The highest BCUT2D eigenvalue weighted by Gasteiger charge is 2.37. The molecule has 1 aromatic heterocycles. The fraction of sp³-hybridized carbons (Fsp3) is 0.370. The molecule has 0 spiro atoms. The predicted molar refractivity (Wildman–Crippen MR) is 149 cm³/mol. The zero-order chi connectivity index (χ0) is 30.2. The minimum atomic E-state index is -4.79. The van der Waals surface area contributed by atoms with Crippen LogP contribution in [0, 0.1) is 0 Å². The van der Waals surface area contributed by atoms with Crippen molar-refractivity contribution in [3.63, 3.8) is 0 Å². The third-order valence-corrected chi connectivity index (χ3v) is 8.11. The van der Waals surface area contributed by atoms with Crippen LogP contribution in [-0.4, -0.2) is 57.8 Å². The molecular formula is C27H30F3N6O5P. The zero-order valence-electron chi connectivity index (χ0n) is 22.8. The smallest absolute Gasteiger partial charge is 0.421 e. The maximum Gasteiger partial charge on any atom is 0.421 e. The molecule has 0 bridgehead atoms. The number of piperidine rings is 1. The van der Waals surface area contributed by atoms with Gasteiger partial charge in [0.05, 0.1) is 30.2 Å². The standard InChI is InChI=1S/C27H30F3N6O5P/c1-36-13-18-17(16-7-9-31-10-8-16)4-6-21(23(18)25(36)37)33-24-19(27(28,29)30)12-32-26(35-24)34-20-5-3-15(11-22(20)41-2)14-42(38,39)40/h3-6,11-12,16,31H,7-10,13-14H2,1-2H3,(H2,38,39,40)(H2,32,33,34,35). The molecule has 1 fully saturated rings. The number of amides is 1. The van der Waals surface area contributed by atoms with Gasteiger partial charge in [-0.15, -0.1) is 0 Å². The number of hydrogen-bond donors (Lipinski definition) is 5. The minimum Gasteiger partial charge on any atom is -0.495 e. The molecule has 5 N–H and O–H groups in total. The lowest BCUT2D eigenvalue weighted by Crippen LogP contribution is -2.27. The van der Waals surface area contributed by atoms with Crippen molar-refractivity contribution in [2.45, 2.75) is 37.6 Å². The maximum atomic E-state index is 14.0. The first kappa shape index (κ1) is 29.8. The Morgan fingerprint density at radius 3 is 2.52 bits per heavy atom. The summed E-state index contributed by atoms with van der Waals surface area (Å²) in [5, 5.41) is 8.89. The summed E-state index contributed by atoms with van der Waals surface area (Å²) in [6, 6.07) is 7.81. The molecule has 3 heterocycles. The first-order valence-corrected chi connectivity index (χ1v) is 15.0. The summed E-state index contributed by atoms with van der Waals surface area (Å²) in [4.78, 5) is 41.2. The number of ether oxygens (including phenoxy) is 1. The van der Waals surface area contributed by atoms with Gasteiger partial charge in [0, 0.05) is 19.8 Å². The lowest BCUT2D eigenvalue weighted by molar-refractivity contribution is -0.137. The van der Waals surface area contributed by atoms with Gasteiger partial charge in [-0.3, -0.25) is 9.36 Å². The van der Waals surface area contributed by atoms with Gasteiger partial charge in [0.1, 0.15) is 17.1 Å². The van der Waals surface area contributed by atoms with Crippen LogP contribution in [0.1, 0.15) is 51.4 Å². The van der Waals surface area contributed by atoms with Gasteiger partial charge in [-0.2, -0.15) is 18.2 Å². The van der Waals surface area contributed by atoms with Gasteiger partial charge in [0.2, 0.25) is 5.95 Å². The molecule has 2 aliphatic rings. The number of nitrogens with one attached hydrogen (secondary N) is 3. The normalized spacial score (nSPS) is 16.0. The van der Waals surface area contributed by atoms with E-state index >= 15 is 0 Å². The van der Waals surface area contributed by atoms with Gasteiger partial charge in [-0.25, -0.2) is 4.98 Å². The Bertz CT molecular complexity index is 1560. The minimum absolute atomic E-state index is 0.180. The molecule has 224 valence electrons. The Morgan fingerprint density at radius 1 is 1.14 bits per heavy atom. The van der Waals surface area contributed by atoms with E-state index in [1.54, 1.807) is 18.0 Å². The number of carbonyl (C=O) groups is 1. The van der Waals surface area contributed by atoms with Crippen molar-refractivity contribution in [2.75, 3.05) is 37.9 Å². The van der Waals surface area contributed by atoms with Crippen LogP contribution < -0.4 is 20.7 Å². The molecule has 15 heteroatoms. The summed E-state index contributed by atoms with van der Waals surface area (Å²) < 4.78 is 58.7. The van der Waals surface area contributed by atoms with Crippen molar-refractivity contribution in [3.8, 4) is 5.75 Å². The molecule has 5 rings (SSSR count). The van der Waals surface area contributed by atoms with Gasteiger partial charge in [0.25, 0.3) is 5.91 Å². The molecule has 1 saturated heterocycles. The van der Waals surface area contributed by atoms with E-state index in [0.717, 1.165) is 37.1 Å². The van der Waals surface area contributed by atoms with Crippen LogP contribution in [0.4, 0.5) is 36.3 Å². The molecule has 0 saturated carbocycles. The van der Waals surface area contributed by atoms with Gasteiger partial charge >= 0.3 is 13.8 Å². The largest absolute Gasteiger partial charge is 0.495 e. The fourth-order valence-corrected chi connectivity index (χ4v) is 6.04.